The van der Waals surface area contributed by atoms with Gasteiger partial charge in [-0.3, -0.25) is 9.59 Å². The third kappa shape index (κ3) is 2.43. The lowest BCUT2D eigenvalue weighted by Gasteiger charge is -2.47. The number of rotatable bonds is 1. The highest BCUT2D eigenvalue weighted by molar-refractivity contribution is 5.92. The molecule has 0 spiro atoms. The summed E-state index contributed by atoms with van der Waals surface area (Å²) >= 11 is 0. The minimum atomic E-state index is -0.763. The Morgan fingerprint density at radius 1 is 1.30 bits per heavy atom. The van der Waals surface area contributed by atoms with E-state index in [1.54, 1.807) is 16.8 Å². The zero-order valence-corrected chi connectivity index (χ0v) is 13.1. The smallest absolute Gasteiger partial charge is 0.247 e. The Hall–Kier alpha value is -1.10. The summed E-state index contributed by atoms with van der Waals surface area (Å²) in [7, 11) is 1.79. The maximum Gasteiger partial charge on any atom is 0.247 e. The van der Waals surface area contributed by atoms with E-state index < -0.39 is 5.54 Å². The van der Waals surface area contributed by atoms with Crippen molar-refractivity contribution in [2.75, 3.05) is 20.1 Å². The van der Waals surface area contributed by atoms with Crippen molar-refractivity contribution in [1.82, 2.24) is 9.80 Å². The average molecular weight is 281 g/mol. The van der Waals surface area contributed by atoms with Gasteiger partial charge >= 0.3 is 0 Å². The van der Waals surface area contributed by atoms with Crippen molar-refractivity contribution >= 4 is 11.8 Å². The van der Waals surface area contributed by atoms with Gasteiger partial charge in [0.25, 0.3) is 0 Å². The third-order valence-electron chi connectivity index (χ3n) is 5.03. The number of carbonyl (C=O) groups is 2. The summed E-state index contributed by atoms with van der Waals surface area (Å²) in [6.07, 6.45) is 3.05. The number of carbonyl (C=O) groups excluding carboxylic acids is 2. The van der Waals surface area contributed by atoms with Crippen molar-refractivity contribution < 1.29 is 9.59 Å². The van der Waals surface area contributed by atoms with E-state index in [0.717, 1.165) is 19.3 Å². The summed E-state index contributed by atoms with van der Waals surface area (Å²) in [6.45, 7) is 6.98. The second kappa shape index (κ2) is 5.35. The van der Waals surface area contributed by atoms with Crippen LogP contribution in [0.5, 0.6) is 0 Å². The van der Waals surface area contributed by atoms with Gasteiger partial charge in [-0.1, -0.05) is 13.3 Å². The number of likely N-dealkylation sites (N-methyl/N-ethyl adjacent to an activating group) is 1. The van der Waals surface area contributed by atoms with Gasteiger partial charge in [0.15, 0.2) is 0 Å². The van der Waals surface area contributed by atoms with Crippen LogP contribution in [0.1, 0.15) is 40.0 Å². The van der Waals surface area contributed by atoms with Crippen LogP contribution in [0.4, 0.5) is 0 Å². The fraction of sp³-hybridized carbons (Fsp3) is 0.867. The van der Waals surface area contributed by atoms with E-state index in [1.807, 2.05) is 13.8 Å². The summed E-state index contributed by atoms with van der Waals surface area (Å²) in [6, 6.07) is -0.0724. The minimum absolute atomic E-state index is 0.00846. The summed E-state index contributed by atoms with van der Waals surface area (Å²) in [4.78, 5) is 28.7. The number of nitrogens with two attached hydrogens (primary N) is 1. The fourth-order valence-electron chi connectivity index (χ4n) is 3.66. The Balaban J connectivity index is 2.21. The molecule has 20 heavy (non-hydrogen) atoms. The van der Waals surface area contributed by atoms with Crippen molar-refractivity contribution in [1.29, 1.82) is 0 Å². The van der Waals surface area contributed by atoms with E-state index in [0.29, 0.717) is 19.0 Å². The highest BCUT2D eigenvalue weighted by Gasteiger charge is 2.47. The van der Waals surface area contributed by atoms with Crippen LogP contribution in [0.15, 0.2) is 0 Å². The van der Waals surface area contributed by atoms with Crippen LogP contribution in [0, 0.1) is 11.8 Å². The molecule has 1 saturated heterocycles. The Labute approximate surface area is 121 Å². The van der Waals surface area contributed by atoms with Gasteiger partial charge in [0, 0.05) is 26.2 Å². The lowest BCUT2D eigenvalue weighted by Crippen LogP contribution is -2.66. The molecule has 1 heterocycles. The lowest BCUT2D eigenvalue weighted by atomic mass is 9.75. The Bertz CT molecular complexity index is 398. The molecule has 2 amide bonds. The highest BCUT2D eigenvalue weighted by atomic mass is 16.2. The molecule has 5 nitrogen and oxygen atoms in total. The van der Waals surface area contributed by atoms with Gasteiger partial charge < -0.3 is 15.5 Å². The van der Waals surface area contributed by atoms with Crippen LogP contribution < -0.4 is 5.73 Å². The first-order valence-corrected chi connectivity index (χ1v) is 7.59. The molecule has 5 heteroatoms. The third-order valence-corrected chi connectivity index (χ3v) is 5.03. The molecule has 0 aromatic carbocycles. The predicted molar refractivity (Wildman–Crippen MR) is 77.9 cm³/mol. The zero-order valence-electron chi connectivity index (χ0n) is 13.1. The van der Waals surface area contributed by atoms with Crippen molar-refractivity contribution in [3.05, 3.63) is 0 Å². The minimum Gasteiger partial charge on any atom is -0.342 e. The van der Waals surface area contributed by atoms with E-state index in [1.165, 1.54) is 0 Å². The maximum atomic E-state index is 12.9. The van der Waals surface area contributed by atoms with Gasteiger partial charge in [0.2, 0.25) is 11.8 Å². The molecule has 2 fully saturated rings. The molecule has 3 unspecified atom stereocenters. The molecular weight excluding hydrogens is 254 g/mol. The number of nitrogens with zero attached hydrogens (tertiary/aromatic N) is 2. The molecule has 0 radical (unpaired) electrons. The number of amides is 2. The van der Waals surface area contributed by atoms with Crippen molar-refractivity contribution in [3.8, 4) is 0 Å². The van der Waals surface area contributed by atoms with Crippen molar-refractivity contribution in [2.24, 2.45) is 17.6 Å². The van der Waals surface area contributed by atoms with E-state index >= 15 is 0 Å². The lowest BCUT2D eigenvalue weighted by molar-refractivity contribution is -0.161. The first-order chi connectivity index (χ1) is 9.26. The molecule has 0 aromatic heterocycles. The monoisotopic (exact) mass is 281 g/mol. The van der Waals surface area contributed by atoms with E-state index in [4.69, 9.17) is 5.73 Å². The van der Waals surface area contributed by atoms with Gasteiger partial charge in [0.05, 0.1) is 5.92 Å². The summed E-state index contributed by atoms with van der Waals surface area (Å²) < 4.78 is 0. The first kappa shape index (κ1) is 15.3. The Kier molecular flexibility index (Phi) is 4.09. The normalized spacial score (nSPS) is 34.2. The Morgan fingerprint density at radius 3 is 2.55 bits per heavy atom. The Morgan fingerprint density at radius 2 is 1.95 bits per heavy atom. The van der Waals surface area contributed by atoms with Gasteiger partial charge in [-0.15, -0.1) is 0 Å². The number of piperazine rings is 1. The molecule has 0 aromatic rings. The topological polar surface area (TPSA) is 66.6 Å². The van der Waals surface area contributed by atoms with Crippen LogP contribution in [0.25, 0.3) is 0 Å². The molecule has 1 aliphatic heterocycles. The number of hydrogen-bond donors (Lipinski definition) is 1. The van der Waals surface area contributed by atoms with E-state index in [9.17, 15) is 9.59 Å². The first-order valence-electron chi connectivity index (χ1n) is 7.59. The predicted octanol–water partition coefficient (Wildman–Crippen LogP) is 0.829. The molecule has 0 bridgehead atoms. The molecule has 3 atom stereocenters. The summed E-state index contributed by atoms with van der Waals surface area (Å²) in [5.41, 5.74) is 5.42. The molecule has 2 aliphatic rings. The molecular formula is C15H27N3O2. The van der Waals surface area contributed by atoms with E-state index in [2.05, 4.69) is 6.92 Å². The molecule has 2 N–H and O–H groups in total. The van der Waals surface area contributed by atoms with Crippen LogP contribution in [0.3, 0.4) is 0 Å². The van der Waals surface area contributed by atoms with E-state index in [-0.39, 0.29) is 23.8 Å². The van der Waals surface area contributed by atoms with Crippen molar-refractivity contribution in [3.63, 3.8) is 0 Å². The molecule has 1 saturated carbocycles. The summed E-state index contributed by atoms with van der Waals surface area (Å²) in [5, 5.41) is 0. The van der Waals surface area contributed by atoms with Crippen molar-refractivity contribution in [2.45, 2.75) is 51.6 Å². The zero-order chi connectivity index (χ0) is 15.1. The van der Waals surface area contributed by atoms with Crippen LogP contribution in [-0.4, -0.2) is 53.3 Å². The SMILES string of the molecule is CC1CCCC(N)C1C(=O)N1CCN(C)C(=O)C1(C)C. The quantitative estimate of drug-likeness (QED) is 0.774. The van der Waals surface area contributed by atoms with Gasteiger partial charge in [-0.2, -0.15) is 0 Å². The second-order valence-corrected chi connectivity index (χ2v) is 6.87. The van der Waals surface area contributed by atoms with Gasteiger partial charge in [-0.05, 0) is 32.6 Å². The van der Waals surface area contributed by atoms with Crippen LogP contribution >= 0.6 is 0 Å². The van der Waals surface area contributed by atoms with Gasteiger partial charge in [0.1, 0.15) is 5.54 Å². The largest absolute Gasteiger partial charge is 0.342 e. The van der Waals surface area contributed by atoms with Crippen LogP contribution in [0.2, 0.25) is 0 Å². The second-order valence-electron chi connectivity index (χ2n) is 6.87. The average Bonchev–Trinajstić information content (AvgIpc) is 2.35. The molecule has 1 aliphatic carbocycles. The number of hydrogen-bond acceptors (Lipinski definition) is 3. The maximum absolute atomic E-state index is 12.9. The highest BCUT2D eigenvalue weighted by Crippen LogP contribution is 2.33. The van der Waals surface area contributed by atoms with Gasteiger partial charge in [-0.25, -0.2) is 0 Å². The molecule has 114 valence electrons. The van der Waals surface area contributed by atoms with Crippen LogP contribution in [-0.2, 0) is 9.59 Å². The standard InChI is InChI=1S/C15H27N3O2/c1-10-6-5-7-11(16)12(10)13(19)18-9-8-17(4)14(20)15(18,2)3/h10-12H,5-9,16H2,1-4H3. The summed E-state index contributed by atoms with van der Waals surface area (Å²) in [5.74, 6) is 0.237. The molecule has 2 rings (SSSR count). The fourth-order valence-corrected chi connectivity index (χ4v) is 3.66.